The molecule has 3 aliphatic heterocycles. The van der Waals surface area contributed by atoms with Gasteiger partial charge in [0.1, 0.15) is 18.5 Å². The quantitative estimate of drug-likeness (QED) is 0.256. The molecule has 11 nitrogen and oxygen atoms in total. The molecule has 1 aromatic carbocycles. The molecule has 1 fully saturated rings. The normalized spacial score (nSPS) is 22.1. The molecule has 0 radical (unpaired) electrons. The molecule has 3 aliphatic rings. The predicted octanol–water partition coefficient (Wildman–Crippen LogP) is 3.03. The summed E-state index contributed by atoms with van der Waals surface area (Å²) in [6.45, 7) is 9.51. The fourth-order valence-electron chi connectivity index (χ4n) is 5.27. The van der Waals surface area contributed by atoms with Gasteiger partial charge >= 0.3 is 0 Å². The smallest absolute Gasteiger partial charge is 0.278 e. The second-order valence-electron chi connectivity index (χ2n) is 11.8. The summed E-state index contributed by atoms with van der Waals surface area (Å²) < 4.78 is 11.1. The topological polar surface area (TPSA) is 126 Å². The average Bonchev–Trinajstić information content (AvgIpc) is 3.48. The summed E-state index contributed by atoms with van der Waals surface area (Å²) in [6, 6.07) is 9.26. The van der Waals surface area contributed by atoms with E-state index >= 15 is 0 Å². The maximum atomic E-state index is 13.8. The molecule has 0 aliphatic carbocycles. The SMILES string of the molecule is CC1CCN(Cc2nc(-c3ccccc3)no2)C2=C1C(=O)N(C1CCC(=O)N(COCC[Si](C)(C)C)C1=O)C2=O. The van der Waals surface area contributed by atoms with Crippen molar-refractivity contribution in [3.8, 4) is 11.4 Å². The number of hydrogen-bond donors (Lipinski definition) is 0. The summed E-state index contributed by atoms with van der Waals surface area (Å²) in [7, 11) is -1.34. The molecule has 4 heterocycles. The number of imide groups is 2. The molecule has 2 unspecified atom stereocenters. The van der Waals surface area contributed by atoms with Crippen LogP contribution in [0.3, 0.4) is 0 Å². The highest BCUT2D eigenvalue weighted by atomic mass is 28.3. The first-order valence-electron chi connectivity index (χ1n) is 13.7. The lowest BCUT2D eigenvalue weighted by molar-refractivity contribution is -0.164. The minimum absolute atomic E-state index is 0.0546. The van der Waals surface area contributed by atoms with Gasteiger partial charge in [-0.1, -0.05) is 62.1 Å². The standard InChI is InChI=1S/C28H35N5O6Si/c1-18-12-13-31(16-21-29-25(30-39-21)19-8-6-5-7-9-19)24-23(18)27(36)33(28(24)37)20-10-11-22(34)32(26(20)35)17-38-14-15-40(2,3)4/h5-9,18,20H,10-17H2,1-4H3. The maximum absolute atomic E-state index is 13.8. The third-order valence-electron chi connectivity index (χ3n) is 7.61. The lowest BCUT2D eigenvalue weighted by Crippen LogP contribution is -2.57. The summed E-state index contributed by atoms with van der Waals surface area (Å²) >= 11 is 0. The minimum atomic E-state index is -1.34. The van der Waals surface area contributed by atoms with E-state index in [0.717, 1.165) is 21.4 Å². The maximum Gasteiger partial charge on any atom is 0.278 e. The molecule has 40 heavy (non-hydrogen) atoms. The molecule has 12 heteroatoms. The van der Waals surface area contributed by atoms with Crippen LogP contribution in [-0.4, -0.2) is 82.5 Å². The van der Waals surface area contributed by atoms with Gasteiger partial charge in [0.05, 0.1) is 6.54 Å². The van der Waals surface area contributed by atoms with Crippen molar-refractivity contribution < 1.29 is 28.4 Å². The first kappa shape index (κ1) is 27.9. The number of rotatable bonds is 9. The van der Waals surface area contributed by atoms with Gasteiger partial charge in [0.15, 0.2) is 0 Å². The van der Waals surface area contributed by atoms with Crippen LogP contribution in [-0.2, 0) is 30.5 Å². The largest absolute Gasteiger partial charge is 0.361 e. The van der Waals surface area contributed by atoms with E-state index in [4.69, 9.17) is 9.26 Å². The van der Waals surface area contributed by atoms with Gasteiger partial charge in [-0.15, -0.1) is 0 Å². The molecule has 4 amide bonds. The van der Waals surface area contributed by atoms with Crippen LogP contribution in [0.1, 0.15) is 32.1 Å². The lowest BCUT2D eigenvalue weighted by atomic mass is 9.92. The van der Waals surface area contributed by atoms with Gasteiger partial charge < -0.3 is 14.2 Å². The monoisotopic (exact) mass is 565 g/mol. The molecule has 0 spiro atoms. The summed E-state index contributed by atoms with van der Waals surface area (Å²) in [5.41, 5.74) is 1.47. The Kier molecular flexibility index (Phi) is 7.73. The van der Waals surface area contributed by atoms with Crippen molar-refractivity contribution in [1.82, 2.24) is 24.8 Å². The Balaban J connectivity index is 1.32. The summed E-state index contributed by atoms with van der Waals surface area (Å²) in [5, 5.41) is 4.06. The predicted molar refractivity (Wildman–Crippen MR) is 147 cm³/mol. The molecule has 0 saturated carbocycles. The van der Waals surface area contributed by atoms with Crippen molar-refractivity contribution >= 4 is 31.7 Å². The van der Waals surface area contributed by atoms with E-state index in [0.29, 0.717) is 36.9 Å². The molecule has 212 valence electrons. The molecule has 1 aromatic heterocycles. The van der Waals surface area contributed by atoms with Crippen molar-refractivity contribution in [2.45, 2.75) is 64.5 Å². The van der Waals surface area contributed by atoms with Crippen LogP contribution in [0.25, 0.3) is 11.4 Å². The Morgan fingerprint density at radius 1 is 1.05 bits per heavy atom. The second-order valence-corrected chi connectivity index (χ2v) is 17.4. The van der Waals surface area contributed by atoms with Crippen molar-refractivity contribution in [3.63, 3.8) is 0 Å². The fourth-order valence-corrected chi connectivity index (χ4v) is 6.02. The molecule has 2 atom stereocenters. The van der Waals surface area contributed by atoms with E-state index in [1.807, 2.05) is 37.3 Å². The number of nitrogens with zero attached hydrogens (tertiary/aromatic N) is 5. The molecular formula is C28H35N5O6Si. The van der Waals surface area contributed by atoms with E-state index in [-0.39, 0.29) is 43.6 Å². The van der Waals surface area contributed by atoms with Crippen molar-refractivity contribution in [2.75, 3.05) is 19.9 Å². The van der Waals surface area contributed by atoms with Gasteiger partial charge in [0, 0.05) is 38.8 Å². The van der Waals surface area contributed by atoms with Crippen molar-refractivity contribution in [2.24, 2.45) is 5.92 Å². The van der Waals surface area contributed by atoms with Crippen LogP contribution in [0.2, 0.25) is 25.7 Å². The zero-order valence-electron chi connectivity index (χ0n) is 23.4. The third kappa shape index (κ3) is 5.50. The van der Waals surface area contributed by atoms with Gasteiger partial charge in [-0.3, -0.25) is 29.0 Å². The number of carbonyl (C=O) groups excluding carboxylic acids is 4. The number of ether oxygens (including phenoxy) is 1. The zero-order valence-corrected chi connectivity index (χ0v) is 24.4. The molecule has 5 rings (SSSR count). The van der Waals surface area contributed by atoms with E-state index in [9.17, 15) is 19.2 Å². The average molecular weight is 566 g/mol. The van der Waals surface area contributed by atoms with Gasteiger partial charge in [0.2, 0.25) is 17.6 Å². The fraction of sp³-hybridized carbons (Fsp3) is 0.500. The number of hydrogen-bond acceptors (Lipinski definition) is 9. The number of carbonyl (C=O) groups is 4. The van der Waals surface area contributed by atoms with Crippen molar-refractivity contribution in [3.05, 3.63) is 47.5 Å². The third-order valence-corrected chi connectivity index (χ3v) is 9.31. The Morgan fingerprint density at radius 2 is 1.80 bits per heavy atom. The molecule has 0 N–H and O–H groups in total. The van der Waals surface area contributed by atoms with Crippen LogP contribution in [0.15, 0.2) is 46.1 Å². The molecular weight excluding hydrogens is 530 g/mol. The van der Waals surface area contributed by atoms with E-state index < -0.39 is 31.8 Å². The van der Waals surface area contributed by atoms with Gasteiger partial charge in [-0.2, -0.15) is 4.98 Å². The highest BCUT2D eigenvalue weighted by Crippen LogP contribution is 2.38. The summed E-state index contributed by atoms with van der Waals surface area (Å²) in [6.07, 6.45) is 0.804. The van der Waals surface area contributed by atoms with Crippen LogP contribution >= 0.6 is 0 Å². The van der Waals surface area contributed by atoms with E-state index in [1.54, 1.807) is 4.90 Å². The highest BCUT2D eigenvalue weighted by Gasteiger charge is 2.51. The number of amides is 4. The summed E-state index contributed by atoms with van der Waals surface area (Å²) in [5.74, 6) is -1.32. The Morgan fingerprint density at radius 3 is 2.52 bits per heavy atom. The lowest BCUT2D eigenvalue weighted by Gasteiger charge is -2.34. The first-order valence-corrected chi connectivity index (χ1v) is 17.4. The van der Waals surface area contributed by atoms with Crippen LogP contribution < -0.4 is 0 Å². The first-order chi connectivity index (χ1) is 19.0. The number of benzene rings is 1. The van der Waals surface area contributed by atoms with Crippen molar-refractivity contribution in [1.29, 1.82) is 0 Å². The molecule has 2 aromatic rings. The number of aromatic nitrogens is 2. The Hall–Kier alpha value is -3.64. The van der Waals surface area contributed by atoms with Crippen LogP contribution in [0.5, 0.6) is 0 Å². The molecule has 0 bridgehead atoms. The van der Waals surface area contributed by atoms with E-state index in [2.05, 4.69) is 29.8 Å². The highest BCUT2D eigenvalue weighted by molar-refractivity contribution is 6.76. The van der Waals surface area contributed by atoms with Crippen LogP contribution in [0.4, 0.5) is 0 Å². The van der Waals surface area contributed by atoms with E-state index in [1.165, 1.54) is 0 Å². The zero-order chi connectivity index (χ0) is 28.6. The minimum Gasteiger partial charge on any atom is -0.361 e. The number of piperidine rings is 1. The second kappa shape index (κ2) is 11.1. The Labute approximate surface area is 234 Å². The summed E-state index contributed by atoms with van der Waals surface area (Å²) in [4.78, 5) is 61.8. The van der Waals surface area contributed by atoms with Gasteiger partial charge in [-0.05, 0) is 24.8 Å². The van der Waals surface area contributed by atoms with Crippen LogP contribution in [0, 0.1) is 5.92 Å². The number of likely N-dealkylation sites (tertiary alicyclic amines) is 1. The van der Waals surface area contributed by atoms with Gasteiger partial charge in [-0.25, -0.2) is 0 Å². The van der Waals surface area contributed by atoms with Gasteiger partial charge in [0.25, 0.3) is 17.7 Å². The Bertz CT molecular complexity index is 1350. The molecule has 1 saturated heterocycles.